The Hall–Kier alpha value is -4.33. The largest absolute Gasteiger partial charge is 0.461 e. The Bertz CT molecular complexity index is 1410. The van der Waals surface area contributed by atoms with Crippen LogP contribution in [0.25, 0.3) is 0 Å². The first-order valence-electron chi connectivity index (χ1n) is 17.6. The summed E-state index contributed by atoms with van der Waals surface area (Å²) >= 11 is 0. The van der Waals surface area contributed by atoms with Crippen LogP contribution in [0.1, 0.15) is 100.0 Å². The second-order valence-electron chi connectivity index (χ2n) is 15.0. The van der Waals surface area contributed by atoms with E-state index in [-0.39, 0.29) is 86.3 Å². The van der Waals surface area contributed by atoms with Crippen LogP contribution in [0.2, 0.25) is 0 Å². The molecule has 0 bridgehead atoms. The van der Waals surface area contributed by atoms with Gasteiger partial charge < -0.3 is 30.7 Å². The van der Waals surface area contributed by atoms with Crippen LogP contribution in [0, 0.1) is 17.8 Å². The van der Waals surface area contributed by atoms with Crippen LogP contribution in [-0.4, -0.2) is 83.2 Å². The van der Waals surface area contributed by atoms with Crippen molar-refractivity contribution >= 4 is 47.1 Å². The Labute approximate surface area is 301 Å². The highest BCUT2D eigenvalue weighted by molar-refractivity contribution is 6.04. The standard InChI is InChI=1S/C37H57N5O9/c1-23(2)28-20-32(46)42(34(28)48)18-15-30(44)41-36(6,7)17-19-51-37(8,9)16-14-29(43)38-21-31(45)39-25(5)33(47)40-27-12-10-26(11-13-27)22-50-35(49)24(3)4/h10-13,23-25,28H,14-22H2,1-9H3,(H,38,43)(H,39,45)(H,40,47)(H,41,44). The summed E-state index contributed by atoms with van der Waals surface area (Å²) in [4.78, 5) is 87.6. The molecular weight excluding hydrogens is 658 g/mol. The first-order chi connectivity index (χ1) is 23.7. The zero-order valence-corrected chi connectivity index (χ0v) is 31.6. The highest BCUT2D eigenvalue weighted by Crippen LogP contribution is 2.26. The number of carbonyl (C=O) groups is 7. The Kier molecular flexibility index (Phi) is 16.2. The molecular formula is C37H57N5O9. The summed E-state index contributed by atoms with van der Waals surface area (Å²) in [6.07, 6.45) is 1.17. The lowest BCUT2D eigenvalue weighted by molar-refractivity contribution is -0.148. The van der Waals surface area contributed by atoms with Crippen molar-refractivity contribution in [2.45, 2.75) is 118 Å². The highest BCUT2D eigenvalue weighted by atomic mass is 16.5. The van der Waals surface area contributed by atoms with Gasteiger partial charge in [-0.05, 0) is 71.1 Å². The van der Waals surface area contributed by atoms with E-state index in [1.165, 1.54) is 11.8 Å². The number of amides is 6. The van der Waals surface area contributed by atoms with Gasteiger partial charge in [0.2, 0.25) is 35.4 Å². The first kappa shape index (κ1) is 42.8. The molecule has 51 heavy (non-hydrogen) atoms. The van der Waals surface area contributed by atoms with Crippen LogP contribution < -0.4 is 21.3 Å². The summed E-state index contributed by atoms with van der Waals surface area (Å²) in [5.74, 6) is -2.81. The maximum atomic E-state index is 12.6. The lowest BCUT2D eigenvalue weighted by atomic mass is 9.94. The fourth-order valence-electron chi connectivity index (χ4n) is 5.13. The number of anilines is 1. The topological polar surface area (TPSA) is 189 Å². The Morgan fingerprint density at radius 3 is 2.12 bits per heavy atom. The van der Waals surface area contributed by atoms with Crippen LogP contribution >= 0.6 is 0 Å². The Morgan fingerprint density at radius 1 is 0.882 bits per heavy atom. The van der Waals surface area contributed by atoms with Gasteiger partial charge in [0.25, 0.3) is 0 Å². The van der Waals surface area contributed by atoms with Crippen molar-refractivity contribution < 1.29 is 43.0 Å². The van der Waals surface area contributed by atoms with E-state index in [1.54, 1.807) is 38.1 Å². The third-order valence-corrected chi connectivity index (χ3v) is 8.59. The zero-order valence-electron chi connectivity index (χ0n) is 31.6. The third-order valence-electron chi connectivity index (χ3n) is 8.59. The third kappa shape index (κ3) is 15.2. The van der Waals surface area contributed by atoms with Crippen LogP contribution in [0.3, 0.4) is 0 Å². The number of benzene rings is 1. The van der Waals surface area contributed by atoms with Crippen molar-refractivity contribution in [2.24, 2.45) is 17.8 Å². The fourth-order valence-corrected chi connectivity index (χ4v) is 5.13. The van der Waals surface area contributed by atoms with E-state index in [2.05, 4.69) is 21.3 Å². The normalized spacial score (nSPS) is 15.5. The maximum absolute atomic E-state index is 12.6. The fraction of sp³-hybridized carbons (Fsp3) is 0.649. The van der Waals surface area contributed by atoms with E-state index in [9.17, 15) is 33.6 Å². The molecule has 1 aliphatic rings. The van der Waals surface area contributed by atoms with Gasteiger partial charge in [-0.1, -0.05) is 39.8 Å². The second-order valence-corrected chi connectivity index (χ2v) is 15.0. The number of hydrogen-bond acceptors (Lipinski definition) is 9. The highest BCUT2D eigenvalue weighted by Gasteiger charge is 2.40. The Morgan fingerprint density at radius 2 is 1.53 bits per heavy atom. The van der Waals surface area contributed by atoms with Crippen molar-refractivity contribution in [3.8, 4) is 0 Å². The predicted octanol–water partition coefficient (Wildman–Crippen LogP) is 3.23. The van der Waals surface area contributed by atoms with Gasteiger partial charge in [-0.25, -0.2) is 0 Å². The maximum Gasteiger partial charge on any atom is 0.308 e. The second kappa shape index (κ2) is 19.3. The quantitative estimate of drug-likeness (QED) is 0.116. The molecule has 0 aromatic heterocycles. The number of nitrogens with zero attached hydrogens (tertiary/aromatic N) is 1. The SMILES string of the molecule is CC(C)C(=O)OCc1ccc(NC(=O)C(C)NC(=O)CNC(=O)CCC(C)(C)OCCC(C)(C)NC(=O)CCN2C(=O)CC(C(C)C)C2=O)cc1. The lowest BCUT2D eigenvalue weighted by Crippen LogP contribution is -2.46. The number of rotatable bonds is 20. The molecule has 14 nitrogen and oxygen atoms in total. The molecule has 0 radical (unpaired) electrons. The smallest absolute Gasteiger partial charge is 0.308 e. The summed E-state index contributed by atoms with van der Waals surface area (Å²) in [7, 11) is 0. The van der Waals surface area contributed by atoms with Gasteiger partial charge in [0.05, 0.1) is 18.1 Å². The van der Waals surface area contributed by atoms with Gasteiger partial charge in [0, 0.05) is 49.6 Å². The molecule has 1 fully saturated rings. The number of ether oxygens (including phenoxy) is 2. The zero-order chi connectivity index (χ0) is 38.5. The molecule has 4 N–H and O–H groups in total. The first-order valence-corrected chi connectivity index (χ1v) is 17.6. The van der Waals surface area contributed by atoms with Gasteiger partial charge in [0.1, 0.15) is 12.6 Å². The molecule has 0 aliphatic carbocycles. The van der Waals surface area contributed by atoms with Crippen LogP contribution in [0.5, 0.6) is 0 Å². The molecule has 14 heteroatoms. The van der Waals surface area contributed by atoms with E-state index < -0.39 is 29.0 Å². The lowest BCUT2D eigenvalue weighted by Gasteiger charge is -2.30. The van der Waals surface area contributed by atoms with E-state index in [1.807, 2.05) is 41.5 Å². The van der Waals surface area contributed by atoms with Crippen LogP contribution in [0.4, 0.5) is 5.69 Å². The molecule has 2 rings (SSSR count). The predicted molar refractivity (Wildman–Crippen MR) is 191 cm³/mol. The summed E-state index contributed by atoms with van der Waals surface area (Å²) in [5.41, 5.74) is 0.00823. The molecule has 1 saturated heterocycles. The molecule has 1 aliphatic heterocycles. The van der Waals surface area contributed by atoms with E-state index >= 15 is 0 Å². The van der Waals surface area contributed by atoms with E-state index in [0.717, 1.165) is 5.56 Å². The minimum absolute atomic E-state index is 0.0204. The molecule has 0 spiro atoms. The molecule has 6 amide bonds. The number of imide groups is 1. The molecule has 0 saturated carbocycles. The Balaban J connectivity index is 1.65. The molecule has 2 unspecified atom stereocenters. The van der Waals surface area contributed by atoms with Gasteiger partial charge in [-0.15, -0.1) is 0 Å². The number of carbonyl (C=O) groups excluding carboxylic acids is 7. The monoisotopic (exact) mass is 715 g/mol. The van der Waals surface area contributed by atoms with E-state index in [0.29, 0.717) is 25.1 Å². The number of hydrogen-bond donors (Lipinski definition) is 4. The summed E-state index contributed by atoms with van der Waals surface area (Å²) in [5, 5.41) is 10.8. The molecule has 1 heterocycles. The molecule has 1 aromatic carbocycles. The molecule has 1 aromatic rings. The minimum Gasteiger partial charge on any atom is -0.461 e. The van der Waals surface area contributed by atoms with Gasteiger partial charge in [0.15, 0.2) is 0 Å². The van der Waals surface area contributed by atoms with Crippen LogP contribution in [-0.2, 0) is 49.6 Å². The van der Waals surface area contributed by atoms with Gasteiger partial charge >= 0.3 is 5.97 Å². The number of esters is 1. The average molecular weight is 716 g/mol. The van der Waals surface area contributed by atoms with Gasteiger partial charge in [-0.2, -0.15) is 0 Å². The molecule has 284 valence electrons. The summed E-state index contributed by atoms with van der Waals surface area (Å²) in [6, 6.07) is 5.93. The van der Waals surface area contributed by atoms with Crippen LogP contribution in [0.15, 0.2) is 24.3 Å². The van der Waals surface area contributed by atoms with Crippen molar-refractivity contribution in [1.82, 2.24) is 20.9 Å². The van der Waals surface area contributed by atoms with Crippen molar-refractivity contribution in [1.29, 1.82) is 0 Å². The minimum atomic E-state index is -0.863. The molecule has 2 atom stereocenters. The van der Waals surface area contributed by atoms with Crippen molar-refractivity contribution in [3.63, 3.8) is 0 Å². The van der Waals surface area contributed by atoms with Crippen molar-refractivity contribution in [3.05, 3.63) is 29.8 Å². The number of nitrogens with one attached hydrogen (secondary N) is 4. The van der Waals surface area contributed by atoms with E-state index in [4.69, 9.17) is 9.47 Å². The summed E-state index contributed by atoms with van der Waals surface area (Å²) in [6.45, 7) is 16.5. The van der Waals surface area contributed by atoms with Crippen molar-refractivity contribution in [2.75, 3.05) is 25.0 Å². The van der Waals surface area contributed by atoms with Gasteiger partial charge in [-0.3, -0.25) is 38.5 Å². The summed E-state index contributed by atoms with van der Waals surface area (Å²) < 4.78 is 11.2. The average Bonchev–Trinajstić information content (AvgIpc) is 3.33. The number of likely N-dealkylation sites (tertiary alicyclic amines) is 1.